The first kappa shape index (κ1) is 12.1. The lowest BCUT2D eigenvalue weighted by molar-refractivity contribution is 0.0954. The van der Waals surface area contributed by atoms with Gasteiger partial charge in [-0.05, 0) is 18.9 Å². The zero-order valence-corrected chi connectivity index (χ0v) is 10.3. The molecule has 1 heterocycles. The second-order valence-corrected chi connectivity index (χ2v) is 4.74. The molecular weight excluding hydrogens is 234 g/mol. The van der Waals surface area contributed by atoms with E-state index < -0.39 is 0 Å². The van der Waals surface area contributed by atoms with Crippen LogP contribution in [0.1, 0.15) is 23.2 Å². The zero-order valence-electron chi connectivity index (χ0n) is 9.48. The Morgan fingerprint density at radius 3 is 2.94 bits per heavy atom. The summed E-state index contributed by atoms with van der Waals surface area (Å²) in [5.41, 5.74) is 0.745. The van der Waals surface area contributed by atoms with E-state index in [0.717, 1.165) is 28.5 Å². The van der Waals surface area contributed by atoms with Crippen LogP contribution in [0.4, 0.5) is 0 Å². The number of aliphatic hydroxyl groups is 1. The summed E-state index contributed by atoms with van der Waals surface area (Å²) in [6, 6.07) is 7.90. The van der Waals surface area contributed by atoms with Gasteiger partial charge in [0.15, 0.2) is 0 Å². The highest BCUT2D eigenvalue weighted by molar-refractivity contribution is 7.17. The van der Waals surface area contributed by atoms with Crippen molar-refractivity contribution in [3.63, 3.8) is 0 Å². The molecule has 3 nitrogen and oxygen atoms in total. The molecule has 2 rings (SSSR count). The lowest BCUT2D eigenvalue weighted by Gasteiger charge is -2.03. The van der Waals surface area contributed by atoms with Gasteiger partial charge in [0.25, 0.3) is 5.91 Å². The number of benzene rings is 1. The van der Waals surface area contributed by atoms with Gasteiger partial charge < -0.3 is 10.4 Å². The zero-order chi connectivity index (χ0) is 12.1. The first-order valence-electron chi connectivity index (χ1n) is 5.68. The molecule has 90 valence electrons. The lowest BCUT2D eigenvalue weighted by atomic mass is 10.1. The molecule has 0 atom stereocenters. The third-order valence-electron chi connectivity index (χ3n) is 2.60. The van der Waals surface area contributed by atoms with Crippen molar-refractivity contribution >= 4 is 27.3 Å². The summed E-state index contributed by atoms with van der Waals surface area (Å²) in [6.45, 7) is 0.792. The maximum atomic E-state index is 11.9. The molecule has 0 fully saturated rings. The molecule has 0 aliphatic carbocycles. The number of carbonyl (C=O) groups excluding carboxylic acids is 1. The van der Waals surface area contributed by atoms with Crippen molar-refractivity contribution in [1.29, 1.82) is 0 Å². The predicted octanol–water partition coefficient (Wildman–Crippen LogP) is 2.40. The molecule has 17 heavy (non-hydrogen) atoms. The van der Waals surface area contributed by atoms with Crippen LogP contribution in [0.3, 0.4) is 0 Å². The third-order valence-corrected chi connectivity index (χ3v) is 3.56. The molecular formula is C13H15NO2S. The fourth-order valence-corrected chi connectivity index (χ4v) is 2.63. The van der Waals surface area contributed by atoms with Crippen molar-refractivity contribution in [3.05, 3.63) is 35.2 Å². The van der Waals surface area contributed by atoms with Crippen molar-refractivity contribution in [2.75, 3.05) is 13.2 Å². The van der Waals surface area contributed by atoms with Crippen LogP contribution >= 0.6 is 11.3 Å². The van der Waals surface area contributed by atoms with Gasteiger partial charge in [0.05, 0.1) is 5.56 Å². The maximum absolute atomic E-state index is 11.9. The molecule has 0 saturated heterocycles. The highest BCUT2D eigenvalue weighted by Crippen LogP contribution is 2.25. The van der Waals surface area contributed by atoms with Crippen molar-refractivity contribution in [2.45, 2.75) is 12.8 Å². The van der Waals surface area contributed by atoms with Crippen LogP contribution in [0.25, 0.3) is 10.1 Å². The smallest absolute Gasteiger partial charge is 0.252 e. The van der Waals surface area contributed by atoms with E-state index in [9.17, 15) is 4.79 Å². The van der Waals surface area contributed by atoms with Crippen LogP contribution < -0.4 is 5.32 Å². The van der Waals surface area contributed by atoms with Gasteiger partial charge in [-0.3, -0.25) is 4.79 Å². The Hall–Kier alpha value is -1.39. The quantitative estimate of drug-likeness (QED) is 0.799. The molecule has 0 aliphatic heterocycles. The van der Waals surface area contributed by atoms with Gasteiger partial charge in [0.2, 0.25) is 0 Å². The Labute approximate surface area is 104 Å². The Morgan fingerprint density at radius 2 is 2.12 bits per heavy atom. The number of carbonyl (C=O) groups is 1. The third kappa shape index (κ3) is 2.84. The Balaban J connectivity index is 2.04. The van der Waals surface area contributed by atoms with Crippen LogP contribution in [0.15, 0.2) is 29.6 Å². The van der Waals surface area contributed by atoms with Gasteiger partial charge >= 0.3 is 0 Å². The van der Waals surface area contributed by atoms with Crippen LogP contribution in [0, 0.1) is 0 Å². The summed E-state index contributed by atoms with van der Waals surface area (Å²) >= 11 is 1.59. The number of amides is 1. The minimum atomic E-state index is -0.0274. The standard InChI is InChI=1S/C13H15NO2S/c15-8-4-3-7-14-13(16)11-9-17-12-6-2-1-5-10(11)12/h1-2,5-6,9,15H,3-4,7-8H2,(H,14,16). The molecule has 0 bridgehead atoms. The number of hydrogen-bond donors (Lipinski definition) is 2. The van der Waals surface area contributed by atoms with E-state index in [-0.39, 0.29) is 12.5 Å². The van der Waals surface area contributed by atoms with E-state index in [4.69, 9.17) is 5.11 Å². The fraction of sp³-hybridized carbons (Fsp3) is 0.308. The van der Waals surface area contributed by atoms with E-state index >= 15 is 0 Å². The molecule has 1 aromatic heterocycles. The van der Waals surface area contributed by atoms with Gasteiger partial charge in [-0.1, -0.05) is 18.2 Å². The molecule has 4 heteroatoms. The highest BCUT2D eigenvalue weighted by atomic mass is 32.1. The average Bonchev–Trinajstić information content (AvgIpc) is 2.78. The molecule has 1 aromatic carbocycles. The van der Waals surface area contributed by atoms with Crippen LogP contribution in [0.2, 0.25) is 0 Å². The first-order chi connectivity index (χ1) is 8.33. The van der Waals surface area contributed by atoms with E-state index in [1.807, 2.05) is 29.6 Å². The summed E-state index contributed by atoms with van der Waals surface area (Å²) in [5.74, 6) is -0.0274. The minimum absolute atomic E-state index is 0.0274. The van der Waals surface area contributed by atoms with E-state index in [1.54, 1.807) is 11.3 Å². The Morgan fingerprint density at radius 1 is 1.29 bits per heavy atom. The summed E-state index contributed by atoms with van der Waals surface area (Å²) in [6.07, 6.45) is 1.54. The van der Waals surface area contributed by atoms with E-state index in [1.165, 1.54) is 0 Å². The number of fused-ring (bicyclic) bond motifs is 1. The summed E-state index contributed by atoms with van der Waals surface area (Å²) in [7, 11) is 0. The highest BCUT2D eigenvalue weighted by Gasteiger charge is 2.10. The molecule has 0 radical (unpaired) electrons. The van der Waals surface area contributed by atoms with Gasteiger partial charge in [-0.2, -0.15) is 0 Å². The first-order valence-corrected chi connectivity index (χ1v) is 6.56. The fourth-order valence-electron chi connectivity index (χ4n) is 1.69. The van der Waals surface area contributed by atoms with Crippen molar-refractivity contribution < 1.29 is 9.90 Å². The number of thiophene rings is 1. The number of hydrogen-bond acceptors (Lipinski definition) is 3. The van der Waals surface area contributed by atoms with Crippen molar-refractivity contribution in [2.24, 2.45) is 0 Å². The monoisotopic (exact) mass is 249 g/mol. The number of aliphatic hydroxyl groups excluding tert-OH is 1. The van der Waals surface area contributed by atoms with Crippen LogP contribution in [0.5, 0.6) is 0 Å². The van der Waals surface area contributed by atoms with E-state index in [2.05, 4.69) is 5.32 Å². The number of rotatable bonds is 5. The Bertz CT molecular complexity index is 507. The van der Waals surface area contributed by atoms with Gasteiger partial charge in [-0.25, -0.2) is 0 Å². The van der Waals surface area contributed by atoms with Gasteiger partial charge in [0.1, 0.15) is 0 Å². The van der Waals surface area contributed by atoms with Crippen LogP contribution in [-0.4, -0.2) is 24.2 Å². The maximum Gasteiger partial charge on any atom is 0.252 e. The lowest BCUT2D eigenvalue weighted by Crippen LogP contribution is -2.24. The second-order valence-electron chi connectivity index (χ2n) is 3.83. The number of unbranched alkanes of at least 4 members (excludes halogenated alkanes) is 1. The number of nitrogens with one attached hydrogen (secondary N) is 1. The predicted molar refractivity (Wildman–Crippen MR) is 70.5 cm³/mol. The average molecular weight is 249 g/mol. The molecule has 1 amide bonds. The minimum Gasteiger partial charge on any atom is -0.396 e. The topological polar surface area (TPSA) is 49.3 Å². The molecule has 0 unspecified atom stereocenters. The van der Waals surface area contributed by atoms with Crippen LogP contribution in [-0.2, 0) is 0 Å². The van der Waals surface area contributed by atoms with Gasteiger partial charge in [-0.15, -0.1) is 11.3 Å². The van der Waals surface area contributed by atoms with Crippen molar-refractivity contribution in [3.8, 4) is 0 Å². The Kier molecular flexibility index (Phi) is 4.12. The summed E-state index contributed by atoms with van der Waals surface area (Å²) in [5, 5.41) is 14.4. The van der Waals surface area contributed by atoms with E-state index in [0.29, 0.717) is 6.54 Å². The largest absolute Gasteiger partial charge is 0.396 e. The molecule has 2 aromatic rings. The molecule has 2 N–H and O–H groups in total. The summed E-state index contributed by atoms with van der Waals surface area (Å²) < 4.78 is 1.13. The normalized spacial score (nSPS) is 10.6. The SMILES string of the molecule is O=C(NCCCCO)c1csc2ccccc12. The molecule has 0 aliphatic rings. The molecule has 0 saturated carbocycles. The van der Waals surface area contributed by atoms with Gasteiger partial charge in [0, 0.05) is 28.6 Å². The summed E-state index contributed by atoms with van der Waals surface area (Å²) in [4.78, 5) is 11.9. The molecule has 0 spiro atoms. The second kappa shape index (κ2) is 5.80. The van der Waals surface area contributed by atoms with Crippen molar-refractivity contribution in [1.82, 2.24) is 5.32 Å².